The van der Waals surface area contributed by atoms with Gasteiger partial charge in [-0.1, -0.05) is 12.1 Å². The molecule has 1 unspecified atom stereocenters. The summed E-state index contributed by atoms with van der Waals surface area (Å²) in [5.74, 6) is 0.718. The predicted molar refractivity (Wildman–Crippen MR) is 80.8 cm³/mol. The highest BCUT2D eigenvalue weighted by Gasteiger charge is 2.30. The Bertz CT molecular complexity index is 531. The van der Waals surface area contributed by atoms with Crippen LogP contribution in [0.1, 0.15) is 19.8 Å². The summed E-state index contributed by atoms with van der Waals surface area (Å²) in [5, 5.41) is 0. The van der Waals surface area contributed by atoms with E-state index in [0.717, 1.165) is 17.7 Å². The number of thioether (sulfide) groups is 1. The van der Waals surface area contributed by atoms with Gasteiger partial charge in [0, 0.05) is 28.9 Å². The van der Waals surface area contributed by atoms with E-state index in [1.54, 1.807) is 4.31 Å². The molecule has 0 bridgehead atoms. The molecule has 6 heteroatoms. The first kappa shape index (κ1) is 14.7. The van der Waals surface area contributed by atoms with E-state index >= 15 is 0 Å². The van der Waals surface area contributed by atoms with Crippen LogP contribution in [0.3, 0.4) is 0 Å². The summed E-state index contributed by atoms with van der Waals surface area (Å²) in [6, 6.07) is 7.69. The monoisotopic (exact) mass is 300 g/mol. The standard InChI is InChI=1S/C13H20N2O2S2/c1-11-5-4-8-15(11)19(16,17)10-9-18-13-7-3-2-6-12(13)14/h2-3,6-7,11H,4-5,8-10,14H2,1H3. The number of benzene rings is 1. The van der Waals surface area contributed by atoms with Crippen LogP contribution in [0.2, 0.25) is 0 Å². The van der Waals surface area contributed by atoms with E-state index in [1.807, 2.05) is 31.2 Å². The number of hydrogen-bond donors (Lipinski definition) is 1. The van der Waals surface area contributed by atoms with E-state index in [0.29, 0.717) is 18.0 Å². The fourth-order valence-electron chi connectivity index (χ4n) is 2.31. The Balaban J connectivity index is 1.90. The number of nitrogens with zero attached hydrogens (tertiary/aromatic N) is 1. The number of nitrogen functional groups attached to an aromatic ring is 1. The molecule has 1 saturated heterocycles. The number of anilines is 1. The van der Waals surface area contributed by atoms with E-state index in [-0.39, 0.29) is 11.8 Å². The molecule has 1 atom stereocenters. The second kappa shape index (κ2) is 6.15. The van der Waals surface area contributed by atoms with Gasteiger partial charge in [-0.15, -0.1) is 11.8 Å². The molecule has 1 aliphatic heterocycles. The maximum atomic E-state index is 12.2. The topological polar surface area (TPSA) is 63.4 Å². The van der Waals surface area contributed by atoms with Gasteiger partial charge in [0.1, 0.15) is 0 Å². The molecule has 1 aromatic carbocycles. The van der Waals surface area contributed by atoms with Gasteiger partial charge in [-0.3, -0.25) is 0 Å². The lowest BCUT2D eigenvalue weighted by Gasteiger charge is -2.20. The van der Waals surface area contributed by atoms with Gasteiger partial charge < -0.3 is 5.73 Å². The van der Waals surface area contributed by atoms with E-state index in [4.69, 9.17) is 5.73 Å². The van der Waals surface area contributed by atoms with Crippen LogP contribution >= 0.6 is 11.8 Å². The van der Waals surface area contributed by atoms with Gasteiger partial charge in [0.05, 0.1) is 5.75 Å². The maximum absolute atomic E-state index is 12.2. The summed E-state index contributed by atoms with van der Waals surface area (Å²) in [6.07, 6.45) is 1.94. The second-order valence-electron chi connectivity index (χ2n) is 4.80. The van der Waals surface area contributed by atoms with Gasteiger partial charge in [0.15, 0.2) is 0 Å². The smallest absolute Gasteiger partial charge is 0.215 e. The van der Waals surface area contributed by atoms with Crippen molar-refractivity contribution in [2.24, 2.45) is 0 Å². The normalized spacial score (nSPS) is 20.8. The molecule has 4 nitrogen and oxygen atoms in total. The molecule has 0 saturated carbocycles. The summed E-state index contributed by atoms with van der Waals surface area (Å²) in [6.45, 7) is 2.65. The van der Waals surface area contributed by atoms with Crippen LogP contribution in [0.25, 0.3) is 0 Å². The van der Waals surface area contributed by atoms with Crippen molar-refractivity contribution in [3.8, 4) is 0 Å². The molecule has 1 heterocycles. The van der Waals surface area contributed by atoms with Gasteiger partial charge >= 0.3 is 0 Å². The van der Waals surface area contributed by atoms with Crippen molar-refractivity contribution in [1.29, 1.82) is 0 Å². The zero-order valence-electron chi connectivity index (χ0n) is 11.1. The summed E-state index contributed by atoms with van der Waals surface area (Å²) < 4.78 is 26.0. The Hall–Kier alpha value is -0.720. The fourth-order valence-corrected chi connectivity index (χ4v) is 5.41. The second-order valence-corrected chi connectivity index (χ2v) is 7.98. The molecular weight excluding hydrogens is 280 g/mol. The van der Waals surface area contributed by atoms with Crippen LogP contribution in [0.5, 0.6) is 0 Å². The van der Waals surface area contributed by atoms with Gasteiger partial charge in [0.25, 0.3) is 0 Å². The molecule has 0 aliphatic carbocycles. The average molecular weight is 300 g/mol. The van der Waals surface area contributed by atoms with Crippen LogP contribution < -0.4 is 5.73 Å². The van der Waals surface area contributed by atoms with Crippen LogP contribution in [0.15, 0.2) is 29.2 Å². The molecule has 106 valence electrons. The number of nitrogens with two attached hydrogens (primary N) is 1. The van der Waals surface area contributed by atoms with Crippen LogP contribution in [0, 0.1) is 0 Å². The molecule has 19 heavy (non-hydrogen) atoms. The first-order chi connectivity index (χ1) is 9.00. The van der Waals surface area contributed by atoms with Gasteiger partial charge in [-0.05, 0) is 31.9 Å². The number of sulfonamides is 1. The SMILES string of the molecule is CC1CCCN1S(=O)(=O)CCSc1ccccc1N. The lowest BCUT2D eigenvalue weighted by molar-refractivity contribution is 0.409. The highest BCUT2D eigenvalue weighted by molar-refractivity contribution is 8.00. The average Bonchev–Trinajstić information content (AvgIpc) is 2.79. The van der Waals surface area contributed by atoms with Crippen molar-refractivity contribution in [1.82, 2.24) is 4.31 Å². The Kier molecular flexibility index (Phi) is 4.76. The Morgan fingerprint density at radius 3 is 2.79 bits per heavy atom. The predicted octanol–water partition coefficient (Wildman–Crippen LogP) is 2.18. The number of para-hydroxylation sites is 1. The third-order valence-electron chi connectivity index (χ3n) is 3.37. The van der Waals surface area contributed by atoms with Crippen molar-refractivity contribution >= 4 is 27.5 Å². The zero-order chi connectivity index (χ0) is 13.9. The highest BCUT2D eigenvalue weighted by atomic mass is 32.2. The molecule has 2 rings (SSSR count). The first-order valence-corrected chi connectivity index (χ1v) is 9.07. The summed E-state index contributed by atoms with van der Waals surface area (Å²) in [7, 11) is -3.12. The van der Waals surface area contributed by atoms with Crippen LogP contribution in [-0.4, -0.2) is 36.8 Å². The lowest BCUT2D eigenvalue weighted by Crippen LogP contribution is -2.36. The largest absolute Gasteiger partial charge is 0.398 e. The van der Waals surface area contributed by atoms with Crippen molar-refractivity contribution in [2.75, 3.05) is 23.8 Å². The van der Waals surface area contributed by atoms with Crippen LogP contribution in [-0.2, 0) is 10.0 Å². The Labute approximate surface area is 119 Å². The summed E-state index contributed by atoms with van der Waals surface area (Å²) in [4.78, 5) is 0.951. The molecule has 0 spiro atoms. The minimum Gasteiger partial charge on any atom is -0.398 e. The Morgan fingerprint density at radius 1 is 1.42 bits per heavy atom. The van der Waals surface area contributed by atoms with E-state index in [2.05, 4.69) is 0 Å². The molecule has 1 fully saturated rings. The molecule has 1 aromatic rings. The minimum atomic E-state index is -3.12. The molecule has 0 radical (unpaired) electrons. The van der Waals surface area contributed by atoms with E-state index in [9.17, 15) is 8.42 Å². The van der Waals surface area contributed by atoms with Crippen molar-refractivity contribution in [2.45, 2.75) is 30.7 Å². The molecule has 0 aromatic heterocycles. The summed E-state index contributed by atoms with van der Waals surface area (Å²) in [5.41, 5.74) is 6.54. The molecule has 0 amide bonds. The number of rotatable bonds is 5. The van der Waals surface area contributed by atoms with Gasteiger partial charge in [-0.2, -0.15) is 4.31 Å². The van der Waals surface area contributed by atoms with Gasteiger partial charge in [0.2, 0.25) is 10.0 Å². The molecule has 2 N–H and O–H groups in total. The summed E-state index contributed by atoms with van der Waals surface area (Å²) >= 11 is 1.50. The van der Waals surface area contributed by atoms with Crippen molar-refractivity contribution in [3.05, 3.63) is 24.3 Å². The highest BCUT2D eigenvalue weighted by Crippen LogP contribution is 2.26. The zero-order valence-corrected chi connectivity index (χ0v) is 12.7. The lowest BCUT2D eigenvalue weighted by atomic mass is 10.3. The first-order valence-electron chi connectivity index (χ1n) is 6.47. The minimum absolute atomic E-state index is 0.150. The fraction of sp³-hybridized carbons (Fsp3) is 0.538. The quantitative estimate of drug-likeness (QED) is 0.668. The molecule has 1 aliphatic rings. The number of hydrogen-bond acceptors (Lipinski definition) is 4. The van der Waals surface area contributed by atoms with E-state index < -0.39 is 10.0 Å². The van der Waals surface area contributed by atoms with Crippen LogP contribution in [0.4, 0.5) is 5.69 Å². The van der Waals surface area contributed by atoms with Gasteiger partial charge in [-0.25, -0.2) is 8.42 Å². The molecular formula is C13H20N2O2S2. The maximum Gasteiger partial charge on any atom is 0.215 e. The van der Waals surface area contributed by atoms with E-state index in [1.165, 1.54) is 11.8 Å². The third-order valence-corrected chi connectivity index (χ3v) is 6.69. The van der Waals surface area contributed by atoms with Crippen molar-refractivity contribution in [3.63, 3.8) is 0 Å². The van der Waals surface area contributed by atoms with Crippen molar-refractivity contribution < 1.29 is 8.42 Å². The Morgan fingerprint density at radius 2 is 2.16 bits per heavy atom. The third kappa shape index (κ3) is 3.64.